The number of benzene rings is 2. The molecule has 0 heterocycles. The summed E-state index contributed by atoms with van der Waals surface area (Å²) in [5, 5.41) is 14.6. The molecule has 2 aromatic rings. The van der Waals surface area contributed by atoms with E-state index in [1.807, 2.05) is 24.3 Å². The van der Waals surface area contributed by atoms with Crippen molar-refractivity contribution >= 4 is 40.0 Å². The van der Waals surface area contributed by atoms with Crippen molar-refractivity contribution in [1.29, 1.82) is 0 Å². The highest BCUT2D eigenvalue weighted by molar-refractivity contribution is 14.1. The summed E-state index contributed by atoms with van der Waals surface area (Å²) < 4.78 is 1.10. The van der Waals surface area contributed by atoms with Crippen LogP contribution in [0, 0.1) is 3.57 Å². The second kappa shape index (κ2) is 5.72. The largest absolute Gasteiger partial charge is 0.508 e. The standard InChI is InChI=1S/C13H11IN2O2/c14-9-4-6-10(7-5-9)15-13(18)16-11-2-1-3-12(17)8-11/h1-8,17H,(H2,15,16,18). The fourth-order valence-corrected chi connectivity index (χ4v) is 1.77. The van der Waals surface area contributed by atoms with Gasteiger partial charge >= 0.3 is 6.03 Å². The second-order valence-corrected chi connectivity index (χ2v) is 4.88. The van der Waals surface area contributed by atoms with Crippen LogP contribution in [0.25, 0.3) is 0 Å². The van der Waals surface area contributed by atoms with E-state index < -0.39 is 0 Å². The van der Waals surface area contributed by atoms with Gasteiger partial charge in [-0.1, -0.05) is 6.07 Å². The third kappa shape index (κ3) is 3.63. The lowest BCUT2D eigenvalue weighted by atomic mass is 10.3. The zero-order valence-electron chi connectivity index (χ0n) is 9.35. The summed E-state index contributed by atoms with van der Waals surface area (Å²) in [6.45, 7) is 0. The predicted molar refractivity (Wildman–Crippen MR) is 79.9 cm³/mol. The van der Waals surface area contributed by atoms with Crippen LogP contribution in [-0.2, 0) is 0 Å². The highest BCUT2D eigenvalue weighted by Gasteiger charge is 2.02. The number of phenolic OH excluding ortho intramolecular Hbond substituents is 1. The Morgan fingerprint density at radius 3 is 2.33 bits per heavy atom. The first kappa shape index (κ1) is 12.7. The zero-order chi connectivity index (χ0) is 13.0. The van der Waals surface area contributed by atoms with Crippen molar-refractivity contribution in [2.24, 2.45) is 0 Å². The molecule has 0 saturated carbocycles. The molecule has 0 fully saturated rings. The summed E-state index contributed by atoms with van der Waals surface area (Å²) >= 11 is 2.20. The van der Waals surface area contributed by atoms with E-state index in [1.165, 1.54) is 6.07 Å². The molecule has 0 aliphatic rings. The first-order valence-corrected chi connectivity index (χ1v) is 6.34. The topological polar surface area (TPSA) is 61.4 Å². The van der Waals surface area contributed by atoms with Crippen molar-refractivity contribution in [3.63, 3.8) is 0 Å². The molecule has 0 aliphatic heterocycles. The summed E-state index contributed by atoms with van der Waals surface area (Å²) in [6, 6.07) is 13.5. The van der Waals surface area contributed by atoms with Crippen molar-refractivity contribution in [1.82, 2.24) is 0 Å². The van der Waals surface area contributed by atoms with E-state index in [0.29, 0.717) is 11.4 Å². The molecule has 2 aromatic carbocycles. The smallest absolute Gasteiger partial charge is 0.323 e. The van der Waals surface area contributed by atoms with Crippen LogP contribution in [-0.4, -0.2) is 11.1 Å². The summed E-state index contributed by atoms with van der Waals surface area (Å²) in [6.07, 6.45) is 0. The van der Waals surface area contributed by atoms with Gasteiger partial charge in [-0.25, -0.2) is 4.79 Å². The number of hydrogen-bond donors (Lipinski definition) is 3. The maximum absolute atomic E-state index is 11.7. The van der Waals surface area contributed by atoms with Gasteiger partial charge in [-0.15, -0.1) is 0 Å². The molecule has 2 rings (SSSR count). The van der Waals surface area contributed by atoms with Crippen molar-refractivity contribution < 1.29 is 9.90 Å². The maximum Gasteiger partial charge on any atom is 0.323 e. The van der Waals surface area contributed by atoms with Gasteiger partial charge in [0.15, 0.2) is 0 Å². The lowest BCUT2D eigenvalue weighted by molar-refractivity contribution is 0.262. The number of hydrogen-bond acceptors (Lipinski definition) is 2. The first-order valence-electron chi connectivity index (χ1n) is 5.26. The van der Waals surface area contributed by atoms with E-state index >= 15 is 0 Å². The van der Waals surface area contributed by atoms with Crippen LogP contribution in [0.2, 0.25) is 0 Å². The number of halogens is 1. The number of aromatic hydroxyl groups is 1. The Balaban J connectivity index is 1.98. The summed E-state index contributed by atoms with van der Waals surface area (Å²) in [4.78, 5) is 11.7. The molecule has 92 valence electrons. The zero-order valence-corrected chi connectivity index (χ0v) is 11.5. The van der Waals surface area contributed by atoms with Gasteiger partial charge in [-0.05, 0) is 59.0 Å². The molecule has 2 amide bonds. The van der Waals surface area contributed by atoms with Crippen LogP contribution < -0.4 is 10.6 Å². The number of carbonyl (C=O) groups is 1. The lowest BCUT2D eigenvalue weighted by Gasteiger charge is -2.07. The van der Waals surface area contributed by atoms with Gasteiger partial charge < -0.3 is 15.7 Å². The van der Waals surface area contributed by atoms with Crippen LogP contribution in [0.4, 0.5) is 16.2 Å². The molecule has 0 aromatic heterocycles. The van der Waals surface area contributed by atoms with Gasteiger partial charge in [0, 0.05) is 21.0 Å². The molecule has 0 atom stereocenters. The molecule has 5 heteroatoms. The minimum Gasteiger partial charge on any atom is -0.508 e. The van der Waals surface area contributed by atoms with E-state index in [4.69, 9.17) is 0 Å². The van der Waals surface area contributed by atoms with Gasteiger partial charge in [0.1, 0.15) is 5.75 Å². The second-order valence-electron chi connectivity index (χ2n) is 3.64. The number of amides is 2. The molecule has 0 aliphatic carbocycles. The predicted octanol–water partition coefficient (Wildman–Crippen LogP) is 3.64. The minimum absolute atomic E-state index is 0.113. The molecule has 0 unspecified atom stereocenters. The number of anilines is 2. The van der Waals surface area contributed by atoms with Gasteiger partial charge in [0.05, 0.1) is 0 Å². The van der Waals surface area contributed by atoms with Gasteiger partial charge in [0.2, 0.25) is 0 Å². The Kier molecular flexibility index (Phi) is 4.03. The fraction of sp³-hybridized carbons (Fsp3) is 0. The van der Waals surface area contributed by atoms with Crippen LogP contribution >= 0.6 is 22.6 Å². The highest BCUT2D eigenvalue weighted by atomic mass is 127. The van der Waals surface area contributed by atoms with Gasteiger partial charge in [-0.2, -0.15) is 0 Å². The molecule has 4 nitrogen and oxygen atoms in total. The minimum atomic E-state index is -0.346. The molecule has 0 spiro atoms. The normalized spacial score (nSPS) is 9.83. The summed E-state index contributed by atoms with van der Waals surface area (Å²) in [5.41, 5.74) is 1.26. The van der Waals surface area contributed by atoms with Crippen molar-refractivity contribution in [2.45, 2.75) is 0 Å². The number of rotatable bonds is 2. The van der Waals surface area contributed by atoms with E-state index in [9.17, 15) is 9.90 Å². The molecule has 3 N–H and O–H groups in total. The maximum atomic E-state index is 11.7. The third-order valence-corrected chi connectivity index (χ3v) is 2.93. The monoisotopic (exact) mass is 354 g/mol. The van der Waals surface area contributed by atoms with Crippen molar-refractivity contribution in [3.05, 3.63) is 52.1 Å². The first-order chi connectivity index (χ1) is 8.63. The van der Waals surface area contributed by atoms with Crippen LogP contribution in [0.15, 0.2) is 48.5 Å². The summed E-state index contributed by atoms with van der Waals surface area (Å²) in [7, 11) is 0. The molecular weight excluding hydrogens is 343 g/mol. The van der Waals surface area contributed by atoms with Crippen LogP contribution in [0.5, 0.6) is 5.75 Å². The molecule has 0 bridgehead atoms. The Morgan fingerprint density at radius 2 is 1.67 bits per heavy atom. The number of urea groups is 1. The number of phenols is 1. The highest BCUT2D eigenvalue weighted by Crippen LogP contribution is 2.16. The Morgan fingerprint density at radius 1 is 1.00 bits per heavy atom. The lowest BCUT2D eigenvalue weighted by Crippen LogP contribution is -2.19. The Bertz CT molecular complexity index is 555. The van der Waals surface area contributed by atoms with Gasteiger partial charge in [0.25, 0.3) is 0 Å². The number of carbonyl (C=O) groups excluding carboxylic acids is 1. The Labute approximate surface area is 118 Å². The Hall–Kier alpha value is -1.76. The van der Waals surface area contributed by atoms with E-state index in [0.717, 1.165) is 3.57 Å². The molecular formula is C13H11IN2O2. The molecule has 0 radical (unpaired) electrons. The molecule has 18 heavy (non-hydrogen) atoms. The van der Waals surface area contributed by atoms with Gasteiger partial charge in [-0.3, -0.25) is 0 Å². The van der Waals surface area contributed by atoms with Crippen molar-refractivity contribution in [3.8, 4) is 5.75 Å². The quantitative estimate of drug-likeness (QED) is 0.721. The summed E-state index contributed by atoms with van der Waals surface area (Å²) in [5.74, 6) is 0.113. The molecule has 0 saturated heterocycles. The van der Waals surface area contributed by atoms with Crippen LogP contribution in [0.1, 0.15) is 0 Å². The average molecular weight is 354 g/mol. The van der Waals surface area contributed by atoms with Crippen molar-refractivity contribution in [2.75, 3.05) is 10.6 Å². The van der Waals surface area contributed by atoms with E-state index in [2.05, 4.69) is 33.2 Å². The SMILES string of the molecule is O=C(Nc1ccc(I)cc1)Nc1cccc(O)c1. The third-order valence-electron chi connectivity index (χ3n) is 2.21. The van der Waals surface area contributed by atoms with Crippen LogP contribution in [0.3, 0.4) is 0 Å². The van der Waals surface area contributed by atoms with E-state index in [-0.39, 0.29) is 11.8 Å². The van der Waals surface area contributed by atoms with E-state index in [1.54, 1.807) is 18.2 Å². The average Bonchev–Trinajstić information content (AvgIpc) is 2.32. The fourth-order valence-electron chi connectivity index (χ4n) is 1.41. The number of nitrogens with one attached hydrogen (secondary N) is 2.